The highest BCUT2D eigenvalue weighted by molar-refractivity contribution is 6.33. The molecule has 2 unspecified atom stereocenters. The van der Waals surface area contributed by atoms with Crippen molar-refractivity contribution in [3.8, 4) is 0 Å². The van der Waals surface area contributed by atoms with E-state index in [0.717, 1.165) is 25.0 Å². The summed E-state index contributed by atoms with van der Waals surface area (Å²) in [4.78, 5) is 8.63. The van der Waals surface area contributed by atoms with E-state index < -0.39 is 6.36 Å². The van der Waals surface area contributed by atoms with Crippen LogP contribution in [0.15, 0.2) is 57.5 Å². The van der Waals surface area contributed by atoms with Gasteiger partial charge in [0.05, 0.1) is 5.71 Å². The molecular weight excluding hydrogens is 255 g/mol. The zero-order valence-electron chi connectivity index (χ0n) is 11.4. The SMILES string of the molecule is CC(F)OC1=CC=C(C2=CN=C3C=NC=CCC23)CC1. The lowest BCUT2D eigenvalue weighted by molar-refractivity contribution is 0.0177. The fraction of sp³-hybridized carbons (Fsp3) is 0.375. The number of hydrogen-bond donors (Lipinski definition) is 0. The molecule has 2 aliphatic heterocycles. The Morgan fingerprint density at radius 1 is 1.35 bits per heavy atom. The van der Waals surface area contributed by atoms with Crippen molar-refractivity contribution in [2.24, 2.45) is 15.9 Å². The van der Waals surface area contributed by atoms with Gasteiger partial charge in [-0.15, -0.1) is 0 Å². The van der Waals surface area contributed by atoms with E-state index in [2.05, 4.69) is 16.1 Å². The maximum atomic E-state index is 12.8. The van der Waals surface area contributed by atoms with Crippen LogP contribution in [0.1, 0.15) is 26.2 Å². The molecule has 0 radical (unpaired) electrons. The van der Waals surface area contributed by atoms with E-state index in [0.29, 0.717) is 11.7 Å². The average molecular weight is 272 g/mol. The quantitative estimate of drug-likeness (QED) is 0.768. The molecule has 0 aromatic heterocycles. The van der Waals surface area contributed by atoms with Gasteiger partial charge in [-0.25, -0.2) is 4.39 Å². The zero-order chi connectivity index (χ0) is 13.9. The molecule has 1 aliphatic carbocycles. The van der Waals surface area contributed by atoms with E-state index in [4.69, 9.17) is 4.74 Å². The van der Waals surface area contributed by atoms with Crippen LogP contribution in [0, 0.1) is 5.92 Å². The van der Waals surface area contributed by atoms with Gasteiger partial charge in [-0.2, -0.15) is 0 Å². The third-order valence-corrected chi connectivity index (χ3v) is 3.65. The topological polar surface area (TPSA) is 34.0 Å². The second-order valence-corrected chi connectivity index (χ2v) is 5.08. The van der Waals surface area contributed by atoms with Gasteiger partial charge in [0.1, 0.15) is 5.76 Å². The number of allylic oxidation sites excluding steroid dienone is 6. The normalized spacial score (nSPS) is 26.0. The Morgan fingerprint density at radius 2 is 2.25 bits per heavy atom. The molecule has 4 heteroatoms. The van der Waals surface area contributed by atoms with E-state index in [-0.39, 0.29) is 0 Å². The third-order valence-electron chi connectivity index (χ3n) is 3.65. The monoisotopic (exact) mass is 272 g/mol. The Bertz CT molecular complexity index is 579. The molecule has 3 aliphatic rings. The van der Waals surface area contributed by atoms with E-state index in [1.165, 1.54) is 18.1 Å². The predicted molar refractivity (Wildman–Crippen MR) is 78.3 cm³/mol. The minimum Gasteiger partial charge on any atom is -0.465 e. The van der Waals surface area contributed by atoms with Crippen molar-refractivity contribution in [1.29, 1.82) is 0 Å². The van der Waals surface area contributed by atoms with Crippen LogP contribution in [-0.2, 0) is 4.74 Å². The van der Waals surface area contributed by atoms with Gasteiger partial charge in [0, 0.05) is 37.9 Å². The lowest BCUT2D eigenvalue weighted by atomic mass is 9.85. The highest BCUT2D eigenvalue weighted by atomic mass is 19.1. The van der Waals surface area contributed by atoms with Gasteiger partial charge in [0.15, 0.2) is 0 Å². The van der Waals surface area contributed by atoms with Gasteiger partial charge >= 0.3 is 0 Å². The Hall–Kier alpha value is -1.97. The predicted octanol–water partition coefficient (Wildman–Crippen LogP) is 3.87. The van der Waals surface area contributed by atoms with Crippen molar-refractivity contribution in [1.82, 2.24) is 0 Å². The molecule has 2 heterocycles. The van der Waals surface area contributed by atoms with Gasteiger partial charge in [-0.1, -0.05) is 12.2 Å². The fourth-order valence-corrected chi connectivity index (χ4v) is 2.70. The Morgan fingerprint density at radius 3 is 3.00 bits per heavy atom. The van der Waals surface area contributed by atoms with Crippen LogP contribution in [0.5, 0.6) is 0 Å². The Balaban J connectivity index is 1.75. The van der Waals surface area contributed by atoms with Crippen molar-refractivity contribution in [2.75, 3.05) is 0 Å². The maximum absolute atomic E-state index is 12.8. The van der Waals surface area contributed by atoms with Gasteiger partial charge in [0.2, 0.25) is 6.36 Å². The van der Waals surface area contributed by atoms with Crippen LogP contribution in [-0.4, -0.2) is 18.3 Å². The van der Waals surface area contributed by atoms with Crippen molar-refractivity contribution < 1.29 is 9.13 Å². The summed E-state index contributed by atoms with van der Waals surface area (Å²) in [5.41, 5.74) is 3.53. The molecule has 3 nitrogen and oxygen atoms in total. The highest BCUT2D eigenvalue weighted by Crippen LogP contribution is 2.35. The number of fused-ring (bicyclic) bond motifs is 1. The van der Waals surface area contributed by atoms with Crippen LogP contribution in [0.3, 0.4) is 0 Å². The number of rotatable bonds is 3. The molecule has 0 aromatic rings. The summed E-state index contributed by atoms with van der Waals surface area (Å²) in [7, 11) is 0. The summed E-state index contributed by atoms with van der Waals surface area (Å²) >= 11 is 0. The second kappa shape index (κ2) is 5.57. The standard InChI is InChI=1S/C16H17FN2O/c1-11(17)20-13-6-4-12(5-7-13)15-9-19-16-10-18-8-2-3-14(15)16/h2,4,6,8-11,14H,3,5,7H2,1H3. The first-order chi connectivity index (χ1) is 9.74. The number of aliphatic imine (C=N–C) groups is 2. The molecule has 0 bridgehead atoms. The van der Waals surface area contributed by atoms with Crippen LogP contribution < -0.4 is 0 Å². The van der Waals surface area contributed by atoms with Crippen LogP contribution in [0.25, 0.3) is 0 Å². The van der Waals surface area contributed by atoms with Crippen molar-refractivity contribution in [3.63, 3.8) is 0 Å². The summed E-state index contributed by atoms with van der Waals surface area (Å²) in [6, 6.07) is 0. The number of hydrogen-bond acceptors (Lipinski definition) is 3. The molecule has 0 saturated heterocycles. The summed E-state index contributed by atoms with van der Waals surface area (Å²) in [6.45, 7) is 1.40. The van der Waals surface area contributed by atoms with Crippen molar-refractivity contribution in [2.45, 2.75) is 32.5 Å². The van der Waals surface area contributed by atoms with Crippen molar-refractivity contribution in [3.05, 3.63) is 47.5 Å². The molecule has 0 saturated carbocycles. The summed E-state index contributed by atoms with van der Waals surface area (Å²) < 4.78 is 17.9. The Kier molecular flexibility index (Phi) is 3.63. The minimum atomic E-state index is -1.25. The number of ether oxygens (including phenoxy) is 1. The second-order valence-electron chi connectivity index (χ2n) is 5.08. The van der Waals surface area contributed by atoms with Crippen LogP contribution in [0.2, 0.25) is 0 Å². The molecule has 20 heavy (non-hydrogen) atoms. The summed E-state index contributed by atoms with van der Waals surface area (Å²) in [6.07, 6.45) is 12.8. The van der Waals surface area contributed by atoms with Gasteiger partial charge in [-0.05, 0) is 30.1 Å². The molecule has 0 fully saturated rings. The third kappa shape index (κ3) is 2.64. The molecule has 0 aromatic carbocycles. The lowest BCUT2D eigenvalue weighted by Gasteiger charge is -2.20. The van der Waals surface area contributed by atoms with Crippen LogP contribution >= 0.6 is 0 Å². The molecule has 0 amide bonds. The average Bonchev–Trinajstić information content (AvgIpc) is 2.68. The lowest BCUT2D eigenvalue weighted by Crippen LogP contribution is -2.15. The van der Waals surface area contributed by atoms with Gasteiger partial charge in [0.25, 0.3) is 0 Å². The molecule has 104 valence electrons. The van der Waals surface area contributed by atoms with E-state index in [9.17, 15) is 4.39 Å². The smallest absolute Gasteiger partial charge is 0.235 e. The molecule has 3 rings (SSSR count). The van der Waals surface area contributed by atoms with E-state index >= 15 is 0 Å². The molecule has 0 N–H and O–H groups in total. The first-order valence-corrected chi connectivity index (χ1v) is 6.91. The summed E-state index contributed by atoms with van der Waals surface area (Å²) in [5.74, 6) is 1.02. The van der Waals surface area contributed by atoms with Crippen LogP contribution in [0.4, 0.5) is 4.39 Å². The van der Waals surface area contributed by atoms with Crippen molar-refractivity contribution >= 4 is 11.9 Å². The fourth-order valence-electron chi connectivity index (χ4n) is 2.70. The van der Waals surface area contributed by atoms with Gasteiger partial charge in [-0.3, -0.25) is 9.98 Å². The minimum absolute atomic E-state index is 0.305. The summed E-state index contributed by atoms with van der Waals surface area (Å²) in [5, 5.41) is 0. The van der Waals surface area contributed by atoms with E-state index in [1.54, 1.807) is 0 Å². The molecular formula is C16H17FN2O. The molecule has 2 atom stereocenters. The number of halogens is 1. The zero-order valence-corrected chi connectivity index (χ0v) is 11.4. The highest BCUT2D eigenvalue weighted by Gasteiger charge is 2.27. The maximum Gasteiger partial charge on any atom is 0.235 e. The van der Waals surface area contributed by atoms with E-state index in [1.807, 2.05) is 30.8 Å². The Labute approximate surface area is 118 Å². The van der Waals surface area contributed by atoms with Gasteiger partial charge < -0.3 is 4.74 Å². The first-order valence-electron chi connectivity index (χ1n) is 6.91. The molecule has 0 spiro atoms. The number of alkyl halides is 1. The first kappa shape index (κ1) is 13.0. The number of nitrogens with zero attached hydrogens (tertiary/aromatic N) is 2. The largest absolute Gasteiger partial charge is 0.465 e.